The van der Waals surface area contributed by atoms with Gasteiger partial charge in [-0.2, -0.15) is 0 Å². The summed E-state index contributed by atoms with van der Waals surface area (Å²) in [6.07, 6.45) is 6.34. The van der Waals surface area contributed by atoms with Crippen LogP contribution in [-0.4, -0.2) is 22.5 Å². The van der Waals surface area contributed by atoms with E-state index in [0.717, 1.165) is 18.4 Å². The molecule has 0 atom stereocenters. The van der Waals surface area contributed by atoms with Crippen LogP contribution in [0.25, 0.3) is 6.08 Å². The van der Waals surface area contributed by atoms with Crippen LogP contribution in [0.3, 0.4) is 0 Å². The van der Waals surface area contributed by atoms with Gasteiger partial charge in [-0.25, -0.2) is 0 Å². The largest absolute Gasteiger partial charge is 0.481 e. The summed E-state index contributed by atoms with van der Waals surface area (Å²) in [6, 6.07) is 7.23. The van der Waals surface area contributed by atoms with Crippen molar-refractivity contribution in [3.63, 3.8) is 0 Å². The fraction of sp³-hybridized carbons (Fsp3) is 0.375. The van der Waals surface area contributed by atoms with E-state index in [0.29, 0.717) is 17.9 Å². The molecule has 0 spiro atoms. The Morgan fingerprint density at radius 1 is 1.29 bits per heavy atom. The zero-order valence-electron chi connectivity index (χ0n) is 11.6. The van der Waals surface area contributed by atoms with Gasteiger partial charge in [0.05, 0.1) is 12.0 Å². The summed E-state index contributed by atoms with van der Waals surface area (Å²) >= 11 is 6.01. The number of carboxylic acid groups (broad SMARTS) is 1. The van der Waals surface area contributed by atoms with Gasteiger partial charge in [0.25, 0.3) is 0 Å². The number of rotatable bonds is 5. The molecule has 21 heavy (non-hydrogen) atoms. The quantitative estimate of drug-likeness (QED) is 0.821. The highest BCUT2D eigenvalue weighted by molar-refractivity contribution is 6.32. The highest BCUT2D eigenvalue weighted by Crippen LogP contribution is 2.32. The number of hydrogen-bond acceptors (Lipinski definition) is 2. The third-order valence-electron chi connectivity index (χ3n) is 3.76. The number of carbonyl (C=O) groups excluding carboxylic acids is 1. The molecule has 1 aromatic rings. The Hall–Kier alpha value is -1.81. The molecule has 1 aliphatic rings. The van der Waals surface area contributed by atoms with Crippen molar-refractivity contribution in [3.8, 4) is 0 Å². The van der Waals surface area contributed by atoms with Gasteiger partial charge in [-0.15, -0.1) is 0 Å². The first-order valence-electron chi connectivity index (χ1n) is 6.97. The molecule has 0 radical (unpaired) electrons. The minimum Gasteiger partial charge on any atom is -0.481 e. The van der Waals surface area contributed by atoms with Gasteiger partial charge in [0.2, 0.25) is 5.91 Å². The first-order chi connectivity index (χ1) is 10.0. The van der Waals surface area contributed by atoms with Crippen LogP contribution in [-0.2, 0) is 9.59 Å². The van der Waals surface area contributed by atoms with Crippen LogP contribution in [0.15, 0.2) is 30.3 Å². The summed E-state index contributed by atoms with van der Waals surface area (Å²) in [6.45, 7) is 0. The number of halogens is 1. The monoisotopic (exact) mass is 307 g/mol. The maximum atomic E-state index is 12.0. The molecule has 0 unspecified atom stereocenters. The van der Waals surface area contributed by atoms with Gasteiger partial charge in [0.1, 0.15) is 0 Å². The van der Waals surface area contributed by atoms with Gasteiger partial charge in [-0.3, -0.25) is 9.59 Å². The van der Waals surface area contributed by atoms with Crippen molar-refractivity contribution in [1.82, 2.24) is 5.32 Å². The molecule has 0 aliphatic heterocycles. The molecule has 5 heteroatoms. The molecule has 0 aromatic heterocycles. The SMILES string of the molecule is O=C(O)CC1(NC(=O)C=Cc2ccccc2Cl)CCCC1. The molecule has 1 saturated carbocycles. The Morgan fingerprint density at radius 3 is 2.57 bits per heavy atom. The normalized spacial score (nSPS) is 17.0. The van der Waals surface area contributed by atoms with Gasteiger partial charge in [-0.05, 0) is 30.5 Å². The molecule has 1 amide bonds. The maximum absolute atomic E-state index is 12.0. The fourth-order valence-electron chi connectivity index (χ4n) is 2.77. The highest BCUT2D eigenvalue weighted by atomic mass is 35.5. The van der Waals surface area contributed by atoms with E-state index in [1.165, 1.54) is 6.08 Å². The second-order valence-electron chi connectivity index (χ2n) is 5.40. The van der Waals surface area contributed by atoms with Crippen LogP contribution < -0.4 is 5.32 Å². The van der Waals surface area contributed by atoms with E-state index >= 15 is 0 Å². The number of nitrogens with one attached hydrogen (secondary N) is 1. The van der Waals surface area contributed by atoms with Crippen LogP contribution in [0.5, 0.6) is 0 Å². The lowest BCUT2D eigenvalue weighted by Gasteiger charge is -2.28. The highest BCUT2D eigenvalue weighted by Gasteiger charge is 2.36. The Labute approximate surface area is 128 Å². The Morgan fingerprint density at radius 2 is 1.95 bits per heavy atom. The number of amides is 1. The van der Waals surface area contributed by atoms with E-state index in [1.54, 1.807) is 12.1 Å². The van der Waals surface area contributed by atoms with Crippen molar-refractivity contribution in [1.29, 1.82) is 0 Å². The predicted octanol–water partition coefficient (Wildman–Crippen LogP) is 3.26. The van der Waals surface area contributed by atoms with Gasteiger partial charge in [-0.1, -0.05) is 42.6 Å². The van der Waals surface area contributed by atoms with Crippen molar-refractivity contribution in [2.75, 3.05) is 0 Å². The summed E-state index contributed by atoms with van der Waals surface area (Å²) in [5.41, 5.74) is 0.154. The third-order valence-corrected chi connectivity index (χ3v) is 4.10. The van der Waals surface area contributed by atoms with Crippen LogP contribution in [0.1, 0.15) is 37.7 Å². The van der Waals surface area contributed by atoms with Gasteiger partial charge in [0.15, 0.2) is 0 Å². The lowest BCUT2D eigenvalue weighted by atomic mass is 9.93. The summed E-state index contributed by atoms with van der Waals surface area (Å²) in [5.74, 6) is -1.16. The van der Waals surface area contributed by atoms with Crippen molar-refractivity contribution in [3.05, 3.63) is 40.9 Å². The zero-order chi connectivity index (χ0) is 15.3. The van der Waals surface area contributed by atoms with E-state index in [9.17, 15) is 9.59 Å². The second-order valence-corrected chi connectivity index (χ2v) is 5.81. The number of aliphatic carboxylic acids is 1. The van der Waals surface area contributed by atoms with Crippen LogP contribution in [0.2, 0.25) is 5.02 Å². The van der Waals surface area contributed by atoms with Crippen molar-refractivity contribution >= 4 is 29.6 Å². The molecule has 4 nitrogen and oxygen atoms in total. The van der Waals surface area contributed by atoms with E-state index in [2.05, 4.69) is 5.32 Å². The summed E-state index contributed by atoms with van der Waals surface area (Å²) < 4.78 is 0. The van der Waals surface area contributed by atoms with Crippen molar-refractivity contribution in [2.45, 2.75) is 37.6 Å². The Balaban J connectivity index is 2.03. The maximum Gasteiger partial charge on any atom is 0.305 e. The average molecular weight is 308 g/mol. The number of carboxylic acids is 1. The van der Waals surface area contributed by atoms with E-state index in [-0.39, 0.29) is 12.3 Å². The van der Waals surface area contributed by atoms with E-state index in [1.807, 2.05) is 18.2 Å². The topological polar surface area (TPSA) is 66.4 Å². The smallest absolute Gasteiger partial charge is 0.305 e. The first kappa shape index (κ1) is 15.6. The number of carbonyl (C=O) groups is 2. The molecule has 0 saturated heterocycles. The third kappa shape index (κ3) is 4.33. The molecule has 2 N–H and O–H groups in total. The fourth-order valence-corrected chi connectivity index (χ4v) is 2.96. The molecule has 1 fully saturated rings. The van der Waals surface area contributed by atoms with Gasteiger partial charge in [0, 0.05) is 11.1 Å². The van der Waals surface area contributed by atoms with Crippen LogP contribution >= 0.6 is 11.6 Å². The van der Waals surface area contributed by atoms with Gasteiger partial charge < -0.3 is 10.4 Å². The first-order valence-corrected chi connectivity index (χ1v) is 7.35. The summed E-state index contributed by atoms with van der Waals surface area (Å²) in [5, 5.41) is 12.4. The van der Waals surface area contributed by atoms with Crippen molar-refractivity contribution < 1.29 is 14.7 Å². The summed E-state index contributed by atoms with van der Waals surface area (Å²) in [7, 11) is 0. The number of hydrogen-bond donors (Lipinski definition) is 2. The molecule has 1 aliphatic carbocycles. The Kier molecular flexibility index (Phi) is 5.02. The zero-order valence-corrected chi connectivity index (χ0v) is 12.4. The lowest BCUT2D eigenvalue weighted by molar-refractivity contribution is -0.139. The van der Waals surface area contributed by atoms with E-state index < -0.39 is 11.5 Å². The lowest BCUT2D eigenvalue weighted by Crippen LogP contribution is -2.47. The second kappa shape index (κ2) is 6.76. The molecule has 0 bridgehead atoms. The number of benzene rings is 1. The van der Waals surface area contributed by atoms with Crippen LogP contribution in [0, 0.1) is 0 Å². The molecule has 0 heterocycles. The van der Waals surface area contributed by atoms with E-state index in [4.69, 9.17) is 16.7 Å². The van der Waals surface area contributed by atoms with Crippen molar-refractivity contribution in [2.24, 2.45) is 0 Å². The predicted molar refractivity (Wildman–Crippen MR) is 82.1 cm³/mol. The minimum atomic E-state index is -0.882. The van der Waals surface area contributed by atoms with Crippen LogP contribution in [0.4, 0.5) is 0 Å². The summed E-state index contributed by atoms with van der Waals surface area (Å²) in [4.78, 5) is 23.0. The molecular formula is C16H18ClNO3. The molecule has 2 rings (SSSR count). The Bertz CT molecular complexity index is 562. The minimum absolute atomic E-state index is 0.0291. The molecule has 1 aromatic carbocycles. The average Bonchev–Trinajstić information content (AvgIpc) is 2.85. The van der Waals surface area contributed by atoms with Gasteiger partial charge >= 0.3 is 5.97 Å². The molecular weight excluding hydrogens is 290 g/mol. The standard InChI is InChI=1S/C16H18ClNO3/c17-13-6-2-1-5-12(13)7-8-14(19)18-16(11-15(20)21)9-3-4-10-16/h1-2,5-8H,3-4,9-11H2,(H,18,19)(H,20,21). The molecule has 112 valence electrons.